The van der Waals surface area contributed by atoms with E-state index >= 15 is 0 Å². The lowest BCUT2D eigenvalue weighted by Gasteiger charge is -2.10. The number of aromatic amines is 2. The van der Waals surface area contributed by atoms with Gasteiger partial charge in [-0.05, 0) is 61.6 Å². The molecular formula is C28H24FN7O. The summed E-state index contributed by atoms with van der Waals surface area (Å²) in [6, 6.07) is 14.6. The van der Waals surface area contributed by atoms with Crippen LogP contribution in [0.5, 0.6) is 5.75 Å². The molecule has 0 fully saturated rings. The first-order valence-corrected chi connectivity index (χ1v) is 11.8. The lowest BCUT2D eigenvalue weighted by Crippen LogP contribution is -2.10. The van der Waals surface area contributed by atoms with Crippen LogP contribution in [0, 0.1) is 5.82 Å². The first-order chi connectivity index (χ1) is 18.0. The number of imidazole rings is 1. The minimum atomic E-state index is -0.404. The quantitative estimate of drug-likeness (QED) is 0.321. The van der Waals surface area contributed by atoms with Crippen molar-refractivity contribution in [2.45, 2.75) is 6.54 Å². The van der Waals surface area contributed by atoms with Crippen molar-refractivity contribution in [3.8, 4) is 39.7 Å². The van der Waals surface area contributed by atoms with Gasteiger partial charge in [0.2, 0.25) is 0 Å². The number of pyridine rings is 2. The summed E-state index contributed by atoms with van der Waals surface area (Å²) in [5, 5.41) is 8.58. The minimum Gasteiger partial charge on any atom is -0.497 e. The zero-order valence-corrected chi connectivity index (χ0v) is 20.6. The van der Waals surface area contributed by atoms with E-state index in [4.69, 9.17) is 9.72 Å². The number of halogens is 1. The van der Waals surface area contributed by atoms with Crippen LogP contribution in [0.15, 0.2) is 67.1 Å². The number of benzene rings is 2. The molecule has 0 spiro atoms. The van der Waals surface area contributed by atoms with Crippen molar-refractivity contribution in [1.29, 1.82) is 0 Å². The molecule has 4 aromatic heterocycles. The number of nitrogens with one attached hydrogen (secondary N) is 2. The van der Waals surface area contributed by atoms with E-state index in [0.717, 1.165) is 39.7 Å². The number of hydrogen-bond acceptors (Lipinski definition) is 6. The number of fused-ring (bicyclic) bond motifs is 2. The molecule has 184 valence electrons. The fraction of sp³-hybridized carbons (Fsp3) is 0.143. The summed E-state index contributed by atoms with van der Waals surface area (Å²) in [7, 11) is 5.58. The highest BCUT2D eigenvalue weighted by Gasteiger charge is 2.17. The molecule has 0 aliphatic rings. The van der Waals surface area contributed by atoms with E-state index in [9.17, 15) is 4.39 Å². The van der Waals surface area contributed by atoms with E-state index in [1.807, 2.05) is 38.6 Å². The second-order valence-electron chi connectivity index (χ2n) is 9.17. The van der Waals surface area contributed by atoms with E-state index in [2.05, 4.69) is 48.2 Å². The third-order valence-electron chi connectivity index (χ3n) is 6.20. The Morgan fingerprint density at radius 1 is 0.919 bits per heavy atom. The average Bonchev–Trinajstić information content (AvgIpc) is 3.51. The summed E-state index contributed by atoms with van der Waals surface area (Å²) in [5.74, 6) is 0.605. The highest BCUT2D eigenvalue weighted by atomic mass is 19.1. The third-order valence-corrected chi connectivity index (χ3v) is 6.20. The maximum Gasteiger partial charge on any atom is 0.159 e. The van der Waals surface area contributed by atoms with Gasteiger partial charge in [0.25, 0.3) is 0 Å². The van der Waals surface area contributed by atoms with Gasteiger partial charge in [0, 0.05) is 47.7 Å². The van der Waals surface area contributed by atoms with Crippen LogP contribution >= 0.6 is 0 Å². The van der Waals surface area contributed by atoms with Crippen molar-refractivity contribution in [1.82, 2.24) is 35.0 Å². The Kier molecular flexibility index (Phi) is 5.61. The summed E-state index contributed by atoms with van der Waals surface area (Å²) in [5.41, 5.74) is 7.33. The van der Waals surface area contributed by atoms with E-state index in [1.54, 1.807) is 12.3 Å². The van der Waals surface area contributed by atoms with Crippen LogP contribution < -0.4 is 4.74 Å². The average molecular weight is 494 g/mol. The zero-order chi connectivity index (χ0) is 25.5. The first-order valence-electron chi connectivity index (χ1n) is 11.8. The fourth-order valence-electron chi connectivity index (χ4n) is 4.55. The molecule has 0 radical (unpaired) electrons. The van der Waals surface area contributed by atoms with Gasteiger partial charge in [0.1, 0.15) is 22.8 Å². The summed E-state index contributed by atoms with van der Waals surface area (Å²) < 4.78 is 19.4. The van der Waals surface area contributed by atoms with E-state index in [1.165, 1.54) is 19.2 Å². The van der Waals surface area contributed by atoms with E-state index in [0.29, 0.717) is 34.0 Å². The predicted molar refractivity (Wildman–Crippen MR) is 142 cm³/mol. The van der Waals surface area contributed by atoms with Crippen LogP contribution in [-0.4, -0.2) is 56.2 Å². The van der Waals surface area contributed by atoms with Gasteiger partial charge in [-0.3, -0.25) is 15.1 Å². The second-order valence-corrected chi connectivity index (χ2v) is 9.17. The minimum absolute atomic E-state index is 0.404. The van der Waals surface area contributed by atoms with E-state index in [-0.39, 0.29) is 0 Å². The molecule has 0 amide bonds. The van der Waals surface area contributed by atoms with Gasteiger partial charge in [-0.15, -0.1) is 0 Å². The highest BCUT2D eigenvalue weighted by Crippen LogP contribution is 2.33. The number of hydrogen-bond donors (Lipinski definition) is 2. The number of nitrogens with zero attached hydrogens (tertiary/aromatic N) is 5. The van der Waals surface area contributed by atoms with Crippen LogP contribution in [0.3, 0.4) is 0 Å². The molecule has 4 heterocycles. The van der Waals surface area contributed by atoms with Gasteiger partial charge in [-0.25, -0.2) is 9.37 Å². The molecule has 37 heavy (non-hydrogen) atoms. The summed E-state index contributed by atoms with van der Waals surface area (Å²) in [6.45, 7) is 0.812. The van der Waals surface area contributed by atoms with Crippen molar-refractivity contribution in [3.63, 3.8) is 0 Å². The highest BCUT2D eigenvalue weighted by molar-refractivity contribution is 5.97. The van der Waals surface area contributed by atoms with Crippen LogP contribution in [0.4, 0.5) is 4.39 Å². The zero-order valence-electron chi connectivity index (χ0n) is 20.6. The summed E-state index contributed by atoms with van der Waals surface area (Å²) in [4.78, 5) is 19.2. The number of H-pyrrole nitrogens is 2. The maximum atomic E-state index is 14.2. The Labute approximate surface area is 212 Å². The van der Waals surface area contributed by atoms with E-state index < -0.39 is 5.82 Å². The normalized spacial score (nSPS) is 11.6. The van der Waals surface area contributed by atoms with Gasteiger partial charge >= 0.3 is 0 Å². The summed E-state index contributed by atoms with van der Waals surface area (Å²) in [6.07, 6.45) is 5.43. The van der Waals surface area contributed by atoms with Crippen LogP contribution in [0.2, 0.25) is 0 Å². The van der Waals surface area contributed by atoms with Gasteiger partial charge in [-0.1, -0.05) is 6.07 Å². The largest absolute Gasteiger partial charge is 0.497 e. The van der Waals surface area contributed by atoms with Crippen LogP contribution in [0.25, 0.3) is 55.8 Å². The lowest BCUT2D eigenvalue weighted by atomic mass is 10.0. The Hall–Kier alpha value is -4.63. The van der Waals surface area contributed by atoms with Crippen molar-refractivity contribution in [3.05, 3.63) is 78.5 Å². The SMILES string of the molecule is COc1cc(F)cc(-c2nccc3[nH]c(-c4n[nH]c5ccc(-c6cncc(CN(C)C)c6)cc45)nc23)c1. The van der Waals surface area contributed by atoms with Gasteiger partial charge in [0.15, 0.2) is 5.82 Å². The smallest absolute Gasteiger partial charge is 0.159 e. The van der Waals surface area contributed by atoms with Gasteiger partial charge in [0.05, 0.1) is 23.8 Å². The van der Waals surface area contributed by atoms with Crippen molar-refractivity contribution < 1.29 is 9.13 Å². The number of methoxy groups -OCH3 is 1. The third kappa shape index (κ3) is 4.30. The van der Waals surface area contributed by atoms with Gasteiger partial charge in [-0.2, -0.15) is 5.10 Å². The topological polar surface area (TPSA) is 95.6 Å². The van der Waals surface area contributed by atoms with Gasteiger partial charge < -0.3 is 14.6 Å². The molecule has 9 heteroatoms. The Morgan fingerprint density at radius 2 is 1.81 bits per heavy atom. The second kappa shape index (κ2) is 9.11. The van der Waals surface area contributed by atoms with Crippen LogP contribution in [-0.2, 0) is 6.54 Å². The molecule has 2 N–H and O–H groups in total. The molecule has 6 aromatic rings. The Morgan fingerprint density at radius 3 is 2.65 bits per heavy atom. The molecule has 0 aliphatic heterocycles. The van der Waals surface area contributed by atoms with Crippen molar-refractivity contribution >= 4 is 21.9 Å². The molecule has 6 rings (SSSR count). The first kappa shape index (κ1) is 22.8. The fourth-order valence-corrected chi connectivity index (χ4v) is 4.55. The molecule has 0 unspecified atom stereocenters. The molecule has 2 aromatic carbocycles. The lowest BCUT2D eigenvalue weighted by molar-refractivity contribution is 0.402. The number of ether oxygens (including phenoxy) is 1. The molecular weight excluding hydrogens is 469 g/mol. The van der Waals surface area contributed by atoms with Crippen molar-refractivity contribution in [2.75, 3.05) is 21.2 Å². The summed E-state index contributed by atoms with van der Waals surface area (Å²) >= 11 is 0. The monoisotopic (exact) mass is 493 g/mol. The number of rotatable bonds is 6. The molecule has 0 bridgehead atoms. The molecule has 0 aliphatic carbocycles. The Bertz CT molecular complexity index is 1760. The molecule has 0 saturated heterocycles. The maximum absolute atomic E-state index is 14.2. The van der Waals surface area contributed by atoms with Crippen molar-refractivity contribution in [2.24, 2.45) is 0 Å². The molecule has 0 saturated carbocycles. The van der Waals surface area contributed by atoms with Crippen LogP contribution in [0.1, 0.15) is 5.56 Å². The number of aromatic nitrogens is 6. The molecule has 0 atom stereocenters. The standard InChI is InChI=1S/C28H24FN7O/c1-36(2)15-16-8-19(14-30-13-16)17-4-5-23-22(11-17)26(35-34-23)28-32-24-6-7-31-25(27(24)33-28)18-9-20(29)12-21(10-18)37-3/h4-14H,15H2,1-3H3,(H,32,33)(H,34,35). The predicted octanol–water partition coefficient (Wildman–Crippen LogP) is 5.44. The molecule has 8 nitrogen and oxygen atoms in total. The Balaban J connectivity index is 1.45.